The smallest absolute Gasteiger partial charge is 0.137 e. The molecule has 0 aromatic carbocycles. The lowest BCUT2D eigenvalue weighted by molar-refractivity contribution is 1.07. The minimum atomic E-state index is 0.684. The zero-order valence-electron chi connectivity index (χ0n) is 8.76. The standard InChI is InChI=1S/C9H9ClN2.C2H6/c1-2-8-4-6-3-7(10)5-11-9(6)12-8;1-2/h3-5H,2H2,1H3,(H,11,12);1-2H3. The molecule has 0 unspecified atom stereocenters. The van der Waals surface area contributed by atoms with E-state index in [1.807, 2.05) is 19.9 Å². The highest BCUT2D eigenvalue weighted by atomic mass is 35.5. The normalized spacial score (nSPS) is 9.71. The molecule has 0 bridgehead atoms. The molecule has 2 nitrogen and oxygen atoms in total. The Labute approximate surface area is 89.3 Å². The van der Waals surface area contributed by atoms with Crippen LogP contribution in [-0.4, -0.2) is 9.97 Å². The monoisotopic (exact) mass is 210 g/mol. The molecule has 0 aliphatic rings. The van der Waals surface area contributed by atoms with Gasteiger partial charge in [0.05, 0.1) is 5.02 Å². The van der Waals surface area contributed by atoms with E-state index in [2.05, 4.69) is 23.0 Å². The molecule has 0 aliphatic carbocycles. The topological polar surface area (TPSA) is 28.7 Å². The maximum atomic E-state index is 5.79. The van der Waals surface area contributed by atoms with Gasteiger partial charge in [-0.3, -0.25) is 0 Å². The first-order valence-electron chi connectivity index (χ1n) is 4.92. The molecule has 0 amide bonds. The van der Waals surface area contributed by atoms with Gasteiger partial charge in [0.15, 0.2) is 0 Å². The van der Waals surface area contributed by atoms with Crippen molar-refractivity contribution in [1.29, 1.82) is 0 Å². The third kappa shape index (κ3) is 2.26. The number of nitrogens with zero attached hydrogens (tertiary/aromatic N) is 1. The van der Waals surface area contributed by atoms with E-state index in [9.17, 15) is 0 Å². The molecule has 2 aromatic heterocycles. The van der Waals surface area contributed by atoms with E-state index in [0.717, 1.165) is 17.5 Å². The number of hydrogen-bond donors (Lipinski definition) is 1. The van der Waals surface area contributed by atoms with Crippen LogP contribution in [0.25, 0.3) is 11.0 Å². The predicted octanol–water partition coefficient (Wildman–Crippen LogP) is 3.80. The van der Waals surface area contributed by atoms with Gasteiger partial charge in [-0.05, 0) is 18.6 Å². The lowest BCUT2D eigenvalue weighted by Gasteiger charge is -1.88. The molecule has 2 rings (SSSR count). The van der Waals surface area contributed by atoms with E-state index in [4.69, 9.17) is 11.6 Å². The zero-order valence-corrected chi connectivity index (χ0v) is 9.52. The first kappa shape index (κ1) is 11.1. The lowest BCUT2D eigenvalue weighted by Crippen LogP contribution is -1.77. The molecule has 0 radical (unpaired) electrons. The highest BCUT2D eigenvalue weighted by Gasteiger charge is 1.99. The Kier molecular flexibility index (Phi) is 3.96. The average Bonchev–Trinajstić information content (AvgIpc) is 2.62. The molecule has 3 heteroatoms. The van der Waals surface area contributed by atoms with Gasteiger partial charge in [-0.1, -0.05) is 32.4 Å². The van der Waals surface area contributed by atoms with E-state index in [-0.39, 0.29) is 0 Å². The van der Waals surface area contributed by atoms with Crippen molar-refractivity contribution in [3.63, 3.8) is 0 Å². The van der Waals surface area contributed by atoms with Crippen LogP contribution in [0.15, 0.2) is 18.3 Å². The van der Waals surface area contributed by atoms with Gasteiger partial charge in [-0.25, -0.2) is 4.98 Å². The quantitative estimate of drug-likeness (QED) is 0.762. The van der Waals surface area contributed by atoms with Crippen LogP contribution in [-0.2, 0) is 6.42 Å². The number of H-pyrrole nitrogens is 1. The summed E-state index contributed by atoms with van der Waals surface area (Å²) in [7, 11) is 0. The number of aryl methyl sites for hydroxylation is 1. The van der Waals surface area contributed by atoms with Crippen molar-refractivity contribution in [3.05, 3.63) is 29.0 Å². The Morgan fingerprint density at radius 1 is 1.36 bits per heavy atom. The van der Waals surface area contributed by atoms with Crippen LogP contribution >= 0.6 is 11.6 Å². The summed E-state index contributed by atoms with van der Waals surface area (Å²) in [5.74, 6) is 0. The van der Waals surface area contributed by atoms with Crippen LogP contribution in [0.4, 0.5) is 0 Å². The van der Waals surface area contributed by atoms with Crippen molar-refractivity contribution >= 4 is 22.6 Å². The summed E-state index contributed by atoms with van der Waals surface area (Å²) in [5, 5.41) is 1.77. The molecular weight excluding hydrogens is 196 g/mol. The number of pyridine rings is 1. The van der Waals surface area contributed by atoms with Gasteiger partial charge in [0, 0.05) is 17.3 Å². The van der Waals surface area contributed by atoms with Crippen LogP contribution in [0.3, 0.4) is 0 Å². The van der Waals surface area contributed by atoms with Crippen molar-refractivity contribution in [2.75, 3.05) is 0 Å². The third-order valence-corrected chi connectivity index (χ3v) is 2.08. The number of rotatable bonds is 1. The molecule has 0 atom stereocenters. The summed E-state index contributed by atoms with van der Waals surface area (Å²) >= 11 is 5.79. The van der Waals surface area contributed by atoms with E-state index in [0.29, 0.717) is 5.02 Å². The minimum Gasteiger partial charge on any atom is -0.343 e. The molecule has 0 aliphatic heterocycles. The van der Waals surface area contributed by atoms with Crippen molar-refractivity contribution in [1.82, 2.24) is 9.97 Å². The number of hydrogen-bond acceptors (Lipinski definition) is 1. The Balaban J connectivity index is 0.000000461. The molecule has 2 heterocycles. The van der Waals surface area contributed by atoms with E-state index >= 15 is 0 Å². The molecule has 0 spiro atoms. The Hall–Kier alpha value is -1.02. The average molecular weight is 211 g/mol. The van der Waals surface area contributed by atoms with Crippen LogP contribution in [0.5, 0.6) is 0 Å². The van der Waals surface area contributed by atoms with Gasteiger partial charge in [-0.15, -0.1) is 0 Å². The molecule has 76 valence electrons. The SMILES string of the molecule is CC.CCc1cc2cc(Cl)cnc2[nH]1. The van der Waals surface area contributed by atoms with Crippen molar-refractivity contribution < 1.29 is 0 Å². The van der Waals surface area contributed by atoms with Crippen LogP contribution in [0.2, 0.25) is 5.02 Å². The summed E-state index contributed by atoms with van der Waals surface area (Å²) in [5.41, 5.74) is 2.11. The number of aromatic nitrogens is 2. The van der Waals surface area contributed by atoms with Gasteiger partial charge in [0.1, 0.15) is 5.65 Å². The van der Waals surface area contributed by atoms with Crippen molar-refractivity contribution in [2.45, 2.75) is 27.2 Å². The number of fused-ring (bicyclic) bond motifs is 1. The maximum Gasteiger partial charge on any atom is 0.137 e. The molecule has 2 aromatic rings. The second kappa shape index (κ2) is 5.01. The first-order valence-corrected chi connectivity index (χ1v) is 5.30. The molecular formula is C11H15ClN2. The second-order valence-electron chi connectivity index (χ2n) is 2.74. The fourth-order valence-electron chi connectivity index (χ4n) is 1.24. The van der Waals surface area contributed by atoms with Crippen molar-refractivity contribution in [2.24, 2.45) is 0 Å². The Morgan fingerprint density at radius 3 is 2.71 bits per heavy atom. The molecule has 14 heavy (non-hydrogen) atoms. The Bertz CT molecular complexity index is 407. The largest absolute Gasteiger partial charge is 0.343 e. The van der Waals surface area contributed by atoms with Gasteiger partial charge in [-0.2, -0.15) is 0 Å². The molecule has 0 saturated carbocycles. The van der Waals surface area contributed by atoms with Crippen LogP contribution in [0, 0.1) is 0 Å². The zero-order chi connectivity index (χ0) is 10.6. The third-order valence-electron chi connectivity index (χ3n) is 1.87. The van der Waals surface area contributed by atoms with E-state index < -0.39 is 0 Å². The number of aromatic amines is 1. The van der Waals surface area contributed by atoms with Crippen LogP contribution in [0.1, 0.15) is 26.5 Å². The predicted molar refractivity (Wildman–Crippen MR) is 61.8 cm³/mol. The summed E-state index contributed by atoms with van der Waals surface area (Å²) < 4.78 is 0. The van der Waals surface area contributed by atoms with Gasteiger partial charge in [0.2, 0.25) is 0 Å². The number of halogens is 1. The van der Waals surface area contributed by atoms with Gasteiger partial charge in [0.25, 0.3) is 0 Å². The summed E-state index contributed by atoms with van der Waals surface area (Å²) in [6, 6.07) is 3.99. The molecule has 0 fully saturated rings. The summed E-state index contributed by atoms with van der Waals surface area (Å²) in [4.78, 5) is 7.36. The first-order chi connectivity index (χ1) is 6.79. The van der Waals surface area contributed by atoms with Gasteiger partial charge >= 0.3 is 0 Å². The fraction of sp³-hybridized carbons (Fsp3) is 0.364. The van der Waals surface area contributed by atoms with E-state index in [1.54, 1.807) is 6.20 Å². The van der Waals surface area contributed by atoms with E-state index in [1.165, 1.54) is 5.69 Å². The lowest BCUT2D eigenvalue weighted by atomic mass is 10.3. The van der Waals surface area contributed by atoms with Crippen LogP contribution < -0.4 is 0 Å². The summed E-state index contributed by atoms with van der Waals surface area (Å²) in [6.07, 6.45) is 2.65. The molecule has 1 N–H and O–H groups in total. The second-order valence-corrected chi connectivity index (χ2v) is 3.18. The Morgan fingerprint density at radius 2 is 2.07 bits per heavy atom. The summed E-state index contributed by atoms with van der Waals surface area (Å²) in [6.45, 7) is 6.10. The maximum absolute atomic E-state index is 5.79. The minimum absolute atomic E-state index is 0.684. The molecule has 0 saturated heterocycles. The highest BCUT2D eigenvalue weighted by molar-refractivity contribution is 6.31. The van der Waals surface area contributed by atoms with Gasteiger partial charge < -0.3 is 4.98 Å². The fourth-order valence-corrected chi connectivity index (χ4v) is 1.40. The number of nitrogens with one attached hydrogen (secondary N) is 1. The highest BCUT2D eigenvalue weighted by Crippen LogP contribution is 2.17. The van der Waals surface area contributed by atoms with Crippen molar-refractivity contribution in [3.8, 4) is 0 Å².